The number of hydrogen-bond donors (Lipinski definition) is 1. The molecule has 0 aliphatic rings. The van der Waals surface area contributed by atoms with Crippen LogP contribution in [0.4, 0.5) is 4.39 Å². The minimum atomic E-state index is -1.18. The fourth-order valence-corrected chi connectivity index (χ4v) is 1.95. The van der Waals surface area contributed by atoms with E-state index in [0.29, 0.717) is 13.0 Å². The van der Waals surface area contributed by atoms with Crippen molar-refractivity contribution in [3.8, 4) is 0 Å². The Morgan fingerprint density at radius 1 is 1.50 bits per heavy atom. The van der Waals surface area contributed by atoms with E-state index in [1.807, 2.05) is 24.3 Å². The number of halogens is 2. The van der Waals surface area contributed by atoms with E-state index in [2.05, 4.69) is 21.2 Å². The minimum Gasteiger partial charge on any atom is -0.317 e. The highest BCUT2D eigenvalue weighted by Crippen LogP contribution is 2.19. The Morgan fingerprint density at radius 2 is 2.21 bits per heavy atom. The van der Waals surface area contributed by atoms with Crippen LogP contribution in [0.25, 0.3) is 0 Å². The molecule has 14 heavy (non-hydrogen) atoms. The first-order valence-electron chi connectivity index (χ1n) is 4.61. The third-order valence-corrected chi connectivity index (χ3v) is 2.50. The van der Waals surface area contributed by atoms with Gasteiger partial charge in [0.2, 0.25) is 0 Å². The zero-order chi connectivity index (χ0) is 10.6. The smallest absolute Gasteiger partial charge is 0.124 e. The van der Waals surface area contributed by atoms with Gasteiger partial charge in [0.15, 0.2) is 0 Å². The zero-order valence-corrected chi connectivity index (χ0v) is 10.1. The molecule has 0 radical (unpaired) electrons. The second-order valence-electron chi connectivity index (χ2n) is 3.75. The summed E-state index contributed by atoms with van der Waals surface area (Å²) in [7, 11) is 1.76. The second kappa shape index (κ2) is 4.89. The summed E-state index contributed by atoms with van der Waals surface area (Å²) in [4.78, 5) is 0. The normalized spacial score (nSPS) is 15.1. The summed E-state index contributed by atoms with van der Waals surface area (Å²) in [5, 5.41) is 2.86. The Kier molecular flexibility index (Phi) is 4.08. The van der Waals surface area contributed by atoms with Crippen molar-refractivity contribution in [3.05, 3.63) is 34.3 Å². The zero-order valence-electron chi connectivity index (χ0n) is 8.48. The molecule has 0 amide bonds. The fourth-order valence-electron chi connectivity index (χ4n) is 1.50. The summed E-state index contributed by atoms with van der Waals surface area (Å²) in [5.41, 5.74) is -0.171. The van der Waals surface area contributed by atoms with Gasteiger partial charge in [-0.25, -0.2) is 4.39 Å². The third kappa shape index (κ3) is 3.76. The maximum absolute atomic E-state index is 13.8. The lowest BCUT2D eigenvalue weighted by atomic mass is 9.98. The van der Waals surface area contributed by atoms with Crippen molar-refractivity contribution in [3.63, 3.8) is 0 Å². The third-order valence-electron chi connectivity index (χ3n) is 2.01. The lowest BCUT2D eigenvalue weighted by Crippen LogP contribution is -2.33. The van der Waals surface area contributed by atoms with Crippen LogP contribution in [0.5, 0.6) is 0 Å². The molecule has 78 valence electrons. The maximum Gasteiger partial charge on any atom is 0.124 e. The van der Waals surface area contributed by atoms with Gasteiger partial charge in [-0.3, -0.25) is 0 Å². The molecule has 0 aromatic heterocycles. The van der Waals surface area contributed by atoms with Crippen LogP contribution in [0.2, 0.25) is 0 Å². The molecule has 1 atom stereocenters. The lowest BCUT2D eigenvalue weighted by Gasteiger charge is -2.19. The SMILES string of the molecule is CNCC(C)(F)Cc1cccc(Br)c1. The molecule has 0 spiro atoms. The van der Waals surface area contributed by atoms with Crippen LogP contribution in [0, 0.1) is 0 Å². The Bertz CT molecular complexity index is 299. The van der Waals surface area contributed by atoms with Gasteiger partial charge in [0.25, 0.3) is 0 Å². The van der Waals surface area contributed by atoms with E-state index in [1.54, 1.807) is 14.0 Å². The van der Waals surface area contributed by atoms with E-state index in [9.17, 15) is 4.39 Å². The summed E-state index contributed by atoms with van der Waals surface area (Å²) in [5.74, 6) is 0. The lowest BCUT2D eigenvalue weighted by molar-refractivity contribution is 0.188. The minimum absolute atomic E-state index is 0.375. The molecule has 0 bridgehead atoms. The standard InChI is InChI=1S/C11H15BrFN/c1-11(13,8-14-2)7-9-4-3-5-10(12)6-9/h3-6,14H,7-8H2,1-2H3. The van der Waals surface area contributed by atoms with E-state index in [-0.39, 0.29) is 0 Å². The molecular formula is C11H15BrFN. The Labute approximate surface area is 92.8 Å². The van der Waals surface area contributed by atoms with Crippen molar-refractivity contribution < 1.29 is 4.39 Å². The average molecular weight is 260 g/mol. The Balaban J connectivity index is 2.68. The number of benzene rings is 1. The van der Waals surface area contributed by atoms with Crippen molar-refractivity contribution in [1.29, 1.82) is 0 Å². The van der Waals surface area contributed by atoms with Crippen molar-refractivity contribution in [2.45, 2.75) is 19.0 Å². The first-order chi connectivity index (χ1) is 6.53. The summed E-state index contributed by atoms with van der Waals surface area (Å²) in [6, 6.07) is 7.76. The van der Waals surface area contributed by atoms with Gasteiger partial charge in [-0.15, -0.1) is 0 Å². The van der Waals surface area contributed by atoms with Crippen LogP contribution < -0.4 is 5.32 Å². The van der Waals surface area contributed by atoms with E-state index in [0.717, 1.165) is 10.0 Å². The van der Waals surface area contributed by atoms with Crippen LogP contribution >= 0.6 is 15.9 Å². The topological polar surface area (TPSA) is 12.0 Å². The molecule has 0 heterocycles. The van der Waals surface area contributed by atoms with Gasteiger partial charge in [0.05, 0.1) is 0 Å². The monoisotopic (exact) mass is 259 g/mol. The van der Waals surface area contributed by atoms with Crippen molar-refractivity contribution in [2.75, 3.05) is 13.6 Å². The van der Waals surface area contributed by atoms with Gasteiger partial charge in [0, 0.05) is 17.4 Å². The average Bonchev–Trinajstić information content (AvgIpc) is 2.02. The quantitative estimate of drug-likeness (QED) is 0.877. The molecule has 1 rings (SSSR count). The molecule has 0 aliphatic heterocycles. The molecule has 1 unspecified atom stereocenters. The van der Waals surface area contributed by atoms with Crippen LogP contribution in [0.1, 0.15) is 12.5 Å². The maximum atomic E-state index is 13.8. The van der Waals surface area contributed by atoms with Gasteiger partial charge < -0.3 is 5.32 Å². The van der Waals surface area contributed by atoms with Gasteiger partial charge >= 0.3 is 0 Å². The highest BCUT2D eigenvalue weighted by Gasteiger charge is 2.22. The van der Waals surface area contributed by atoms with E-state index in [4.69, 9.17) is 0 Å². The van der Waals surface area contributed by atoms with E-state index in [1.165, 1.54) is 0 Å². The van der Waals surface area contributed by atoms with E-state index < -0.39 is 5.67 Å². The van der Waals surface area contributed by atoms with Crippen LogP contribution in [0.3, 0.4) is 0 Å². The van der Waals surface area contributed by atoms with Crippen LogP contribution in [0.15, 0.2) is 28.7 Å². The van der Waals surface area contributed by atoms with Crippen LogP contribution in [-0.4, -0.2) is 19.3 Å². The van der Waals surface area contributed by atoms with Gasteiger partial charge in [-0.2, -0.15) is 0 Å². The highest BCUT2D eigenvalue weighted by atomic mass is 79.9. The first kappa shape index (κ1) is 11.7. The number of alkyl halides is 1. The largest absolute Gasteiger partial charge is 0.317 e. The van der Waals surface area contributed by atoms with E-state index >= 15 is 0 Å². The van der Waals surface area contributed by atoms with Crippen molar-refractivity contribution >= 4 is 15.9 Å². The molecule has 3 heteroatoms. The molecule has 0 fully saturated rings. The molecule has 1 N–H and O–H groups in total. The van der Waals surface area contributed by atoms with Gasteiger partial charge in [-0.05, 0) is 31.7 Å². The summed E-state index contributed by atoms with van der Waals surface area (Å²) < 4.78 is 14.8. The summed E-state index contributed by atoms with van der Waals surface area (Å²) in [6.07, 6.45) is 0.438. The molecular weight excluding hydrogens is 245 g/mol. The number of rotatable bonds is 4. The summed E-state index contributed by atoms with van der Waals surface area (Å²) >= 11 is 3.37. The first-order valence-corrected chi connectivity index (χ1v) is 5.41. The molecule has 1 nitrogen and oxygen atoms in total. The molecule has 0 saturated heterocycles. The Hall–Kier alpha value is -0.410. The summed E-state index contributed by atoms with van der Waals surface area (Å²) in [6.45, 7) is 1.99. The fraction of sp³-hybridized carbons (Fsp3) is 0.455. The van der Waals surface area contributed by atoms with Crippen LogP contribution in [-0.2, 0) is 6.42 Å². The number of hydrogen-bond acceptors (Lipinski definition) is 1. The molecule has 1 aromatic rings. The second-order valence-corrected chi connectivity index (χ2v) is 4.67. The predicted molar refractivity (Wildman–Crippen MR) is 61.3 cm³/mol. The Morgan fingerprint density at radius 3 is 2.79 bits per heavy atom. The predicted octanol–water partition coefficient (Wildman–Crippen LogP) is 2.94. The molecule has 0 saturated carbocycles. The molecule has 1 aromatic carbocycles. The van der Waals surface area contributed by atoms with Gasteiger partial charge in [-0.1, -0.05) is 28.1 Å². The van der Waals surface area contributed by atoms with Gasteiger partial charge in [0.1, 0.15) is 5.67 Å². The highest BCUT2D eigenvalue weighted by molar-refractivity contribution is 9.10. The number of nitrogens with one attached hydrogen (secondary N) is 1. The van der Waals surface area contributed by atoms with Crippen molar-refractivity contribution in [1.82, 2.24) is 5.32 Å². The molecule has 0 aliphatic carbocycles. The van der Waals surface area contributed by atoms with Crippen molar-refractivity contribution in [2.24, 2.45) is 0 Å².